The van der Waals surface area contributed by atoms with Gasteiger partial charge in [-0.25, -0.2) is 0 Å². The first-order valence-electron chi connectivity index (χ1n) is 6.67. The number of piperazine rings is 1. The summed E-state index contributed by atoms with van der Waals surface area (Å²) in [5.41, 5.74) is 0. The van der Waals surface area contributed by atoms with E-state index in [1.165, 1.54) is 0 Å². The minimum atomic E-state index is 0.0956. The number of hydrogen-bond donors (Lipinski definition) is 0. The molecule has 1 aromatic rings. The Balaban J connectivity index is 1.72. The zero-order chi connectivity index (χ0) is 12.8. The van der Waals surface area contributed by atoms with Gasteiger partial charge in [0.15, 0.2) is 0 Å². The molecule has 1 aliphatic rings. The number of nitriles is 1. The van der Waals surface area contributed by atoms with Crippen molar-refractivity contribution in [2.75, 3.05) is 32.7 Å². The second kappa shape index (κ2) is 6.53. The maximum absolute atomic E-state index is 9.06. The normalized spacial score (nSPS) is 19.6. The van der Waals surface area contributed by atoms with E-state index in [2.05, 4.69) is 27.9 Å². The van der Waals surface area contributed by atoms with Crippen LogP contribution in [0.4, 0.5) is 0 Å². The fraction of sp³-hybridized carbons (Fsp3) is 0.692. The van der Waals surface area contributed by atoms with Gasteiger partial charge in [0, 0.05) is 45.1 Å². The molecule has 0 saturated carbocycles. The third kappa shape index (κ3) is 3.31. The Hall–Kier alpha value is -1.38. The van der Waals surface area contributed by atoms with E-state index in [9.17, 15) is 0 Å². The first-order valence-corrected chi connectivity index (χ1v) is 6.67. The lowest BCUT2D eigenvalue weighted by atomic mass is 10.2. The van der Waals surface area contributed by atoms with Crippen molar-refractivity contribution in [2.24, 2.45) is 0 Å². The van der Waals surface area contributed by atoms with Crippen molar-refractivity contribution in [1.82, 2.24) is 19.6 Å². The number of nitrogens with zero attached hydrogens (tertiary/aromatic N) is 5. The van der Waals surface area contributed by atoms with Crippen molar-refractivity contribution in [3.05, 3.63) is 18.5 Å². The molecule has 98 valence electrons. The number of rotatable bonds is 5. The molecule has 5 heteroatoms. The van der Waals surface area contributed by atoms with Gasteiger partial charge >= 0.3 is 0 Å². The highest BCUT2D eigenvalue weighted by Gasteiger charge is 2.22. The van der Waals surface area contributed by atoms with Crippen LogP contribution in [0.3, 0.4) is 0 Å². The van der Waals surface area contributed by atoms with Gasteiger partial charge in [0.25, 0.3) is 0 Å². The lowest BCUT2D eigenvalue weighted by molar-refractivity contribution is 0.109. The first-order chi connectivity index (χ1) is 8.83. The molecule has 2 heterocycles. The van der Waals surface area contributed by atoms with Gasteiger partial charge in [-0.15, -0.1) is 0 Å². The number of hydrogen-bond acceptors (Lipinski definition) is 4. The van der Waals surface area contributed by atoms with E-state index in [1.807, 2.05) is 23.1 Å². The molecule has 1 aliphatic heterocycles. The molecule has 5 nitrogen and oxygen atoms in total. The summed E-state index contributed by atoms with van der Waals surface area (Å²) in [4.78, 5) is 4.74. The Bertz CT molecular complexity index is 373. The largest absolute Gasteiger partial charge is 0.299 e. The third-order valence-corrected chi connectivity index (χ3v) is 3.59. The molecule has 0 N–H and O–H groups in total. The van der Waals surface area contributed by atoms with E-state index in [0.29, 0.717) is 0 Å². The van der Waals surface area contributed by atoms with E-state index < -0.39 is 0 Å². The van der Waals surface area contributed by atoms with Crippen molar-refractivity contribution in [2.45, 2.75) is 25.9 Å². The molecular formula is C13H21N5. The average Bonchev–Trinajstić information content (AvgIpc) is 2.92. The van der Waals surface area contributed by atoms with Crippen molar-refractivity contribution in [1.29, 1.82) is 5.26 Å². The summed E-state index contributed by atoms with van der Waals surface area (Å²) < 4.78 is 1.97. The predicted octanol–water partition coefficient (Wildman–Crippen LogP) is 0.803. The van der Waals surface area contributed by atoms with Gasteiger partial charge in [0.1, 0.15) is 0 Å². The summed E-state index contributed by atoms with van der Waals surface area (Å²) >= 11 is 0. The van der Waals surface area contributed by atoms with Crippen LogP contribution in [0, 0.1) is 11.3 Å². The molecule has 0 aromatic carbocycles. The quantitative estimate of drug-likeness (QED) is 0.772. The number of aromatic nitrogens is 2. The van der Waals surface area contributed by atoms with Crippen LogP contribution in [0.5, 0.6) is 0 Å². The third-order valence-electron chi connectivity index (χ3n) is 3.59. The smallest absolute Gasteiger partial charge is 0.0976 e. The maximum Gasteiger partial charge on any atom is 0.0976 e. The van der Waals surface area contributed by atoms with Crippen LogP contribution < -0.4 is 0 Å². The molecule has 0 aliphatic carbocycles. The Morgan fingerprint density at radius 3 is 2.61 bits per heavy atom. The molecule has 1 atom stereocenters. The molecule has 18 heavy (non-hydrogen) atoms. The summed E-state index contributed by atoms with van der Waals surface area (Å²) in [5, 5.41) is 13.3. The zero-order valence-electron chi connectivity index (χ0n) is 11.0. The molecular weight excluding hydrogens is 226 g/mol. The van der Waals surface area contributed by atoms with Crippen LogP contribution in [-0.2, 0) is 6.54 Å². The summed E-state index contributed by atoms with van der Waals surface area (Å²) in [6.45, 7) is 8.19. The monoisotopic (exact) mass is 247 g/mol. The van der Waals surface area contributed by atoms with Crippen molar-refractivity contribution < 1.29 is 0 Å². The van der Waals surface area contributed by atoms with Crippen LogP contribution in [0.2, 0.25) is 0 Å². The van der Waals surface area contributed by atoms with Crippen LogP contribution in [-0.4, -0.2) is 58.3 Å². The first kappa shape index (κ1) is 13.1. The fourth-order valence-corrected chi connectivity index (χ4v) is 2.41. The second-order valence-corrected chi connectivity index (χ2v) is 4.70. The Morgan fingerprint density at radius 1 is 1.28 bits per heavy atom. The fourth-order valence-electron chi connectivity index (χ4n) is 2.41. The van der Waals surface area contributed by atoms with Gasteiger partial charge in [-0.05, 0) is 12.5 Å². The molecule has 0 amide bonds. The second-order valence-electron chi connectivity index (χ2n) is 4.70. The van der Waals surface area contributed by atoms with E-state index in [4.69, 9.17) is 5.26 Å². The van der Waals surface area contributed by atoms with Crippen molar-refractivity contribution in [3.8, 4) is 6.07 Å². The van der Waals surface area contributed by atoms with Gasteiger partial charge in [0.2, 0.25) is 0 Å². The minimum Gasteiger partial charge on any atom is -0.299 e. The van der Waals surface area contributed by atoms with Crippen LogP contribution in [0.25, 0.3) is 0 Å². The van der Waals surface area contributed by atoms with E-state index in [-0.39, 0.29) is 6.04 Å². The van der Waals surface area contributed by atoms with Gasteiger partial charge in [-0.1, -0.05) is 6.92 Å². The molecule has 1 fully saturated rings. The maximum atomic E-state index is 9.06. The highest BCUT2D eigenvalue weighted by atomic mass is 15.3. The van der Waals surface area contributed by atoms with Gasteiger partial charge in [-0.2, -0.15) is 10.4 Å². The molecule has 2 rings (SSSR count). The predicted molar refractivity (Wildman–Crippen MR) is 69.9 cm³/mol. The highest BCUT2D eigenvalue weighted by Crippen LogP contribution is 2.08. The van der Waals surface area contributed by atoms with E-state index in [0.717, 1.165) is 45.7 Å². The topological polar surface area (TPSA) is 48.1 Å². The summed E-state index contributed by atoms with van der Waals surface area (Å²) in [6.07, 6.45) is 4.74. The Kier molecular flexibility index (Phi) is 4.73. The molecule has 1 unspecified atom stereocenters. The minimum absolute atomic E-state index is 0.0956. The summed E-state index contributed by atoms with van der Waals surface area (Å²) in [7, 11) is 0. The van der Waals surface area contributed by atoms with Gasteiger partial charge in [-0.3, -0.25) is 14.5 Å². The molecule has 0 bridgehead atoms. The van der Waals surface area contributed by atoms with Crippen LogP contribution >= 0.6 is 0 Å². The summed E-state index contributed by atoms with van der Waals surface area (Å²) in [6, 6.07) is 4.43. The zero-order valence-corrected chi connectivity index (χ0v) is 11.0. The summed E-state index contributed by atoms with van der Waals surface area (Å²) in [5.74, 6) is 0. The standard InChI is InChI=1S/C13H21N5/c1-2-13(12-14)17-9-6-16(7-10-17)8-11-18-5-3-4-15-18/h3-5,13H,2,6-11H2,1H3. The van der Waals surface area contributed by atoms with Crippen molar-refractivity contribution in [3.63, 3.8) is 0 Å². The van der Waals surface area contributed by atoms with Gasteiger partial charge < -0.3 is 0 Å². The molecule has 1 saturated heterocycles. The Labute approximate surface area is 109 Å². The molecule has 0 radical (unpaired) electrons. The highest BCUT2D eigenvalue weighted by molar-refractivity contribution is 4.92. The SMILES string of the molecule is CCC(C#N)N1CCN(CCn2cccn2)CC1. The van der Waals surface area contributed by atoms with Crippen molar-refractivity contribution >= 4 is 0 Å². The molecule has 1 aromatic heterocycles. The Morgan fingerprint density at radius 2 is 2.06 bits per heavy atom. The van der Waals surface area contributed by atoms with Gasteiger partial charge in [0.05, 0.1) is 18.7 Å². The van der Waals surface area contributed by atoms with Crippen LogP contribution in [0.1, 0.15) is 13.3 Å². The van der Waals surface area contributed by atoms with E-state index >= 15 is 0 Å². The average molecular weight is 247 g/mol. The van der Waals surface area contributed by atoms with Crippen LogP contribution in [0.15, 0.2) is 18.5 Å². The lowest BCUT2D eigenvalue weighted by Crippen LogP contribution is -2.50. The molecule has 0 spiro atoms. The lowest BCUT2D eigenvalue weighted by Gasteiger charge is -2.36. The van der Waals surface area contributed by atoms with E-state index in [1.54, 1.807) is 0 Å².